The minimum Gasteiger partial charge on any atom is -0.468 e. The lowest BCUT2D eigenvalue weighted by Gasteiger charge is -2.17. The minimum absolute atomic E-state index is 0.0189. The highest BCUT2D eigenvalue weighted by Crippen LogP contribution is 2.39. The van der Waals surface area contributed by atoms with E-state index >= 15 is 0 Å². The Bertz CT molecular complexity index is 434. The van der Waals surface area contributed by atoms with Crippen molar-refractivity contribution in [1.29, 1.82) is 0 Å². The van der Waals surface area contributed by atoms with Crippen LogP contribution in [0.2, 0.25) is 0 Å². The average Bonchev–Trinajstić information content (AvgIpc) is 2.85. The summed E-state index contributed by atoms with van der Waals surface area (Å²) in [5.74, 6) is 1.82. The monoisotopic (exact) mass is 237 g/mol. The molecule has 0 aliphatic carbocycles. The molecule has 0 aliphatic heterocycles. The fraction of sp³-hybridized carbons (Fsp3) is 0.333. The van der Waals surface area contributed by atoms with Gasteiger partial charge in [0.1, 0.15) is 11.5 Å². The maximum absolute atomic E-state index is 5.98. The Morgan fingerprint density at radius 3 is 2.56 bits per heavy atom. The summed E-state index contributed by atoms with van der Waals surface area (Å²) in [6.45, 7) is 3.93. The summed E-state index contributed by atoms with van der Waals surface area (Å²) < 4.78 is 10.7. The Kier molecular flexibility index (Phi) is 3.41. The molecule has 2 atom stereocenters. The van der Waals surface area contributed by atoms with Crippen molar-refractivity contribution < 1.29 is 8.83 Å². The zero-order valence-corrected chi connectivity index (χ0v) is 10.2. The van der Waals surface area contributed by atoms with Crippen LogP contribution >= 0.6 is 11.8 Å². The largest absolute Gasteiger partial charge is 0.468 e. The predicted molar refractivity (Wildman–Crippen MR) is 64.4 cm³/mol. The van der Waals surface area contributed by atoms with Gasteiger partial charge in [0.15, 0.2) is 0 Å². The van der Waals surface area contributed by atoms with Crippen molar-refractivity contribution >= 4 is 11.8 Å². The van der Waals surface area contributed by atoms with Crippen molar-refractivity contribution in [3.8, 4) is 0 Å². The summed E-state index contributed by atoms with van der Waals surface area (Å²) in [4.78, 5) is 1.11. The molecule has 0 fully saturated rings. The smallest absolute Gasteiger partial charge is 0.118 e. The lowest BCUT2D eigenvalue weighted by atomic mass is 10.2. The van der Waals surface area contributed by atoms with Gasteiger partial charge < -0.3 is 14.6 Å². The van der Waals surface area contributed by atoms with E-state index in [0.717, 1.165) is 16.4 Å². The van der Waals surface area contributed by atoms with Crippen molar-refractivity contribution in [2.24, 2.45) is 5.73 Å². The molecule has 86 valence electrons. The molecule has 2 aromatic rings. The van der Waals surface area contributed by atoms with Gasteiger partial charge in [-0.3, -0.25) is 0 Å². The van der Waals surface area contributed by atoms with E-state index in [1.807, 2.05) is 32.0 Å². The number of rotatable bonds is 4. The zero-order valence-electron chi connectivity index (χ0n) is 9.34. The van der Waals surface area contributed by atoms with Crippen LogP contribution in [0.1, 0.15) is 23.7 Å². The number of aryl methyl sites for hydroxylation is 1. The lowest BCUT2D eigenvalue weighted by Crippen LogP contribution is -2.22. The molecule has 2 heterocycles. The highest BCUT2D eigenvalue weighted by Gasteiger charge is 2.21. The molecule has 0 aliphatic rings. The van der Waals surface area contributed by atoms with Crippen LogP contribution in [0.5, 0.6) is 0 Å². The maximum Gasteiger partial charge on any atom is 0.118 e. The lowest BCUT2D eigenvalue weighted by molar-refractivity contribution is 0.486. The normalized spacial score (nSPS) is 14.9. The average molecular weight is 237 g/mol. The number of nitrogens with two attached hydrogens (primary N) is 1. The third kappa shape index (κ3) is 2.33. The molecule has 0 bridgehead atoms. The molecular formula is C12H15NO2S. The third-order valence-corrected chi connectivity index (χ3v) is 3.96. The van der Waals surface area contributed by atoms with Crippen LogP contribution in [0, 0.1) is 6.92 Å². The van der Waals surface area contributed by atoms with E-state index in [9.17, 15) is 0 Å². The van der Waals surface area contributed by atoms with E-state index < -0.39 is 0 Å². The second kappa shape index (κ2) is 4.80. The van der Waals surface area contributed by atoms with Crippen molar-refractivity contribution in [3.05, 3.63) is 42.2 Å². The van der Waals surface area contributed by atoms with Crippen LogP contribution in [-0.2, 0) is 0 Å². The molecule has 3 nitrogen and oxygen atoms in total. The third-order valence-electron chi connectivity index (χ3n) is 2.37. The van der Waals surface area contributed by atoms with Gasteiger partial charge in [0, 0.05) is 10.9 Å². The molecule has 16 heavy (non-hydrogen) atoms. The number of furan rings is 2. The van der Waals surface area contributed by atoms with Crippen LogP contribution in [0.3, 0.4) is 0 Å². The van der Waals surface area contributed by atoms with Crippen molar-refractivity contribution in [1.82, 2.24) is 0 Å². The standard InChI is InChI=1S/C12H15NO2S/c1-8(13)12(10-4-3-6-15-10)16-11-5-7-14-9(11)2/h3-8,12H,13H2,1-2H3. The van der Waals surface area contributed by atoms with Crippen LogP contribution in [0.4, 0.5) is 0 Å². The molecule has 0 spiro atoms. The van der Waals surface area contributed by atoms with Gasteiger partial charge in [0.2, 0.25) is 0 Å². The summed E-state index contributed by atoms with van der Waals surface area (Å²) in [7, 11) is 0. The molecule has 0 aromatic carbocycles. The topological polar surface area (TPSA) is 52.3 Å². The van der Waals surface area contributed by atoms with E-state index in [0.29, 0.717) is 0 Å². The number of thioether (sulfide) groups is 1. The van der Waals surface area contributed by atoms with Crippen molar-refractivity contribution in [2.45, 2.75) is 30.0 Å². The molecule has 2 N–H and O–H groups in total. The first kappa shape index (κ1) is 11.4. The van der Waals surface area contributed by atoms with E-state index in [1.54, 1.807) is 24.3 Å². The van der Waals surface area contributed by atoms with Gasteiger partial charge in [0.25, 0.3) is 0 Å². The van der Waals surface area contributed by atoms with Gasteiger partial charge in [0.05, 0.1) is 17.8 Å². The van der Waals surface area contributed by atoms with Crippen LogP contribution in [0.15, 0.2) is 44.5 Å². The van der Waals surface area contributed by atoms with E-state index in [-0.39, 0.29) is 11.3 Å². The molecule has 0 amide bonds. The summed E-state index contributed by atoms with van der Waals surface area (Å²) in [6.07, 6.45) is 3.37. The Labute approximate surface area is 99.0 Å². The zero-order chi connectivity index (χ0) is 11.5. The molecule has 2 unspecified atom stereocenters. The van der Waals surface area contributed by atoms with Crippen molar-refractivity contribution in [3.63, 3.8) is 0 Å². The number of hydrogen-bond acceptors (Lipinski definition) is 4. The Balaban J connectivity index is 2.19. The molecule has 2 aromatic heterocycles. The summed E-state index contributed by atoms with van der Waals surface area (Å²) >= 11 is 1.68. The van der Waals surface area contributed by atoms with Gasteiger partial charge in [-0.2, -0.15) is 0 Å². The SMILES string of the molecule is Cc1occc1SC(c1ccco1)C(C)N. The Morgan fingerprint density at radius 2 is 2.06 bits per heavy atom. The molecule has 0 saturated carbocycles. The predicted octanol–water partition coefficient (Wildman–Crippen LogP) is 3.36. The van der Waals surface area contributed by atoms with E-state index in [4.69, 9.17) is 14.6 Å². The first-order valence-electron chi connectivity index (χ1n) is 5.18. The van der Waals surface area contributed by atoms with Gasteiger partial charge in [-0.05, 0) is 32.0 Å². The molecule has 0 radical (unpaired) electrons. The second-order valence-electron chi connectivity index (χ2n) is 3.75. The van der Waals surface area contributed by atoms with E-state index in [2.05, 4.69) is 0 Å². The quantitative estimate of drug-likeness (QED) is 0.828. The van der Waals surface area contributed by atoms with Gasteiger partial charge in [-0.15, -0.1) is 11.8 Å². The first-order chi connectivity index (χ1) is 7.68. The summed E-state index contributed by atoms with van der Waals surface area (Å²) in [6, 6.07) is 5.81. The molecule has 0 saturated heterocycles. The Hall–Kier alpha value is -1.13. The second-order valence-corrected chi connectivity index (χ2v) is 4.94. The summed E-state index contributed by atoms with van der Waals surface area (Å²) in [5.41, 5.74) is 5.98. The van der Waals surface area contributed by atoms with Gasteiger partial charge >= 0.3 is 0 Å². The van der Waals surface area contributed by atoms with Crippen LogP contribution in [0.25, 0.3) is 0 Å². The van der Waals surface area contributed by atoms with Crippen molar-refractivity contribution in [2.75, 3.05) is 0 Å². The molecule has 4 heteroatoms. The van der Waals surface area contributed by atoms with Gasteiger partial charge in [-0.25, -0.2) is 0 Å². The number of hydrogen-bond donors (Lipinski definition) is 1. The highest BCUT2D eigenvalue weighted by molar-refractivity contribution is 7.99. The maximum atomic E-state index is 5.98. The minimum atomic E-state index is 0.0189. The fourth-order valence-electron chi connectivity index (χ4n) is 1.51. The Morgan fingerprint density at radius 1 is 1.25 bits per heavy atom. The highest BCUT2D eigenvalue weighted by atomic mass is 32.2. The van der Waals surface area contributed by atoms with Crippen LogP contribution < -0.4 is 5.73 Å². The van der Waals surface area contributed by atoms with Gasteiger partial charge in [-0.1, -0.05) is 0 Å². The fourth-order valence-corrected chi connectivity index (χ4v) is 2.60. The molecule has 2 rings (SSSR count). The molecular weight excluding hydrogens is 222 g/mol. The van der Waals surface area contributed by atoms with Crippen LogP contribution in [-0.4, -0.2) is 6.04 Å². The van der Waals surface area contributed by atoms with E-state index in [1.165, 1.54) is 0 Å². The first-order valence-corrected chi connectivity index (χ1v) is 6.06. The summed E-state index contributed by atoms with van der Waals surface area (Å²) in [5, 5.41) is 0.117.